The van der Waals surface area contributed by atoms with Gasteiger partial charge < -0.3 is 5.11 Å². The molecule has 8 unspecified atom stereocenters. The van der Waals surface area contributed by atoms with Crippen LogP contribution in [0.1, 0.15) is 89.9 Å². The van der Waals surface area contributed by atoms with Gasteiger partial charge in [0.15, 0.2) is 0 Å². The van der Waals surface area contributed by atoms with Crippen LogP contribution in [0.3, 0.4) is 0 Å². The maximum atomic E-state index is 10.2. The summed E-state index contributed by atoms with van der Waals surface area (Å²) >= 11 is 0. The summed E-state index contributed by atoms with van der Waals surface area (Å²) in [6.45, 7) is 9.71. The van der Waals surface area contributed by atoms with Gasteiger partial charge in [-0.25, -0.2) is 0 Å². The van der Waals surface area contributed by atoms with Crippen molar-refractivity contribution in [1.29, 1.82) is 0 Å². The first-order valence-electron chi connectivity index (χ1n) is 13.0. The molecule has 0 saturated heterocycles. The van der Waals surface area contributed by atoms with Crippen LogP contribution in [0.5, 0.6) is 0 Å². The number of aromatic nitrogens is 2. The fourth-order valence-corrected chi connectivity index (χ4v) is 8.74. The molecule has 3 nitrogen and oxygen atoms in total. The summed E-state index contributed by atoms with van der Waals surface area (Å²) in [5.41, 5.74) is 4.62. The summed E-state index contributed by atoms with van der Waals surface area (Å²) in [5.74, 6) is 4.20. The maximum Gasteiger partial charge on any atom is 0.0587 e. The van der Waals surface area contributed by atoms with Crippen molar-refractivity contribution in [3.63, 3.8) is 0 Å². The van der Waals surface area contributed by atoms with Crippen LogP contribution in [0.2, 0.25) is 0 Å². The first-order valence-corrected chi connectivity index (χ1v) is 13.0. The van der Waals surface area contributed by atoms with E-state index < -0.39 is 0 Å². The predicted molar refractivity (Wildman–Crippen MR) is 125 cm³/mol. The van der Waals surface area contributed by atoms with Gasteiger partial charge >= 0.3 is 0 Å². The van der Waals surface area contributed by atoms with Gasteiger partial charge in [0.05, 0.1) is 17.5 Å². The molecule has 0 bridgehead atoms. The lowest BCUT2D eigenvalue weighted by molar-refractivity contribution is -0.0571. The minimum Gasteiger partial charge on any atom is -0.393 e. The van der Waals surface area contributed by atoms with E-state index in [0.717, 1.165) is 60.2 Å². The number of nitrogens with zero attached hydrogens (tertiary/aromatic N) is 2. The van der Waals surface area contributed by atoms with Gasteiger partial charge in [0.25, 0.3) is 0 Å². The van der Waals surface area contributed by atoms with Gasteiger partial charge in [-0.15, -0.1) is 0 Å². The Kier molecular flexibility index (Phi) is 5.56. The number of hydrogen-bond donors (Lipinski definition) is 1. The third kappa shape index (κ3) is 3.59. The van der Waals surface area contributed by atoms with Crippen molar-refractivity contribution < 1.29 is 5.11 Å². The van der Waals surface area contributed by atoms with E-state index in [1.54, 1.807) is 5.57 Å². The van der Waals surface area contributed by atoms with Crippen molar-refractivity contribution >= 4 is 0 Å². The van der Waals surface area contributed by atoms with Gasteiger partial charge in [0.2, 0.25) is 0 Å². The summed E-state index contributed by atoms with van der Waals surface area (Å²) in [7, 11) is 0. The van der Waals surface area contributed by atoms with Crippen LogP contribution in [0, 0.1) is 47.3 Å². The lowest BCUT2D eigenvalue weighted by Gasteiger charge is -2.58. The Morgan fingerprint density at radius 1 is 1.06 bits per heavy atom. The smallest absolute Gasteiger partial charge is 0.0587 e. The molecule has 170 valence electrons. The van der Waals surface area contributed by atoms with Gasteiger partial charge in [-0.05, 0) is 112 Å². The molecule has 0 aromatic carbocycles. The average molecular weight is 423 g/mol. The lowest BCUT2D eigenvalue weighted by Crippen LogP contribution is -2.50. The molecule has 3 saturated carbocycles. The first kappa shape index (κ1) is 21.6. The molecule has 0 radical (unpaired) electrons. The number of fused-ring (bicyclic) bond motifs is 5. The molecule has 0 aliphatic heterocycles. The molecule has 31 heavy (non-hydrogen) atoms. The molecule has 3 fully saturated rings. The van der Waals surface area contributed by atoms with E-state index >= 15 is 0 Å². The third-order valence-electron chi connectivity index (χ3n) is 10.5. The molecule has 1 aromatic rings. The van der Waals surface area contributed by atoms with Crippen LogP contribution in [0.25, 0.3) is 0 Å². The van der Waals surface area contributed by atoms with E-state index in [1.807, 2.05) is 19.3 Å². The second-order valence-corrected chi connectivity index (χ2v) is 12.0. The molecule has 0 amide bonds. The fourth-order valence-electron chi connectivity index (χ4n) is 8.74. The second kappa shape index (κ2) is 7.97. The summed E-state index contributed by atoms with van der Waals surface area (Å²) < 4.78 is 0. The van der Waals surface area contributed by atoms with Crippen molar-refractivity contribution in [1.82, 2.24) is 9.97 Å². The number of hydrogen-bond acceptors (Lipinski definition) is 3. The van der Waals surface area contributed by atoms with Crippen molar-refractivity contribution in [2.75, 3.05) is 0 Å². The normalized spacial score (nSPS) is 42.9. The molecule has 1 aromatic heterocycles. The van der Waals surface area contributed by atoms with Crippen LogP contribution >= 0.6 is 0 Å². The van der Waals surface area contributed by atoms with Crippen LogP contribution in [-0.4, -0.2) is 21.2 Å². The first-order chi connectivity index (χ1) is 14.8. The van der Waals surface area contributed by atoms with E-state index in [0.29, 0.717) is 10.8 Å². The molecule has 8 atom stereocenters. The lowest BCUT2D eigenvalue weighted by atomic mass is 9.47. The maximum absolute atomic E-state index is 10.2. The molecule has 3 heteroatoms. The van der Waals surface area contributed by atoms with Crippen molar-refractivity contribution in [2.45, 2.75) is 98.0 Å². The average Bonchev–Trinajstić information content (AvgIpc) is 3.11. The Labute approximate surface area is 189 Å². The largest absolute Gasteiger partial charge is 0.393 e. The minimum absolute atomic E-state index is 0.0975. The molecule has 4 aliphatic carbocycles. The number of aliphatic hydroxyl groups is 1. The minimum atomic E-state index is -0.0975. The monoisotopic (exact) mass is 422 g/mol. The zero-order valence-electron chi connectivity index (χ0n) is 20.1. The zero-order valence-corrected chi connectivity index (χ0v) is 20.1. The highest BCUT2D eigenvalue weighted by atomic mass is 16.3. The SMILES string of the molecule is Cc1cnc(CCC(C)C2CCC3C4CC=C5CC(O)CCC5(C)C4CCC23C)cn1. The van der Waals surface area contributed by atoms with Gasteiger partial charge in [-0.2, -0.15) is 0 Å². The molecule has 4 aliphatic rings. The Morgan fingerprint density at radius 2 is 1.90 bits per heavy atom. The van der Waals surface area contributed by atoms with E-state index in [1.165, 1.54) is 44.9 Å². The number of allylic oxidation sites excluding steroid dienone is 1. The Morgan fingerprint density at radius 3 is 2.68 bits per heavy atom. The van der Waals surface area contributed by atoms with Crippen LogP contribution in [0.4, 0.5) is 0 Å². The quantitative estimate of drug-likeness (QED) is 0.580. The summed E-state index contributed by atoms with van der Waals surface area (Å²) in [4.78, 5) is 9.03. The van der Waals surface area contributed by atoms with E-state index in [9.17, 15) is 5.11 Å². The van der Waals surface area contributed by atoms with E-state index in [2.05, 4.69) is 36.8 Å². The Hall–Kier alpha value is -1.22. The Bertz CT molecular complexity index is 832. The highest BCUT2D eigenvalue weighted by Crippen LogP contribution is 2.67. The fraction of sp³-hybridized carbons (Fsp3) is 0.786. The summed E-state index contributed by atoms with van der Waals surface area (Å²) in [6.07, 6.45) is 18.7. The van der Waals surface area contributed by atoms with Crippen LogP contribution in [-0.2, 0) is 6.42 Å². The van der Waals surface area contributed by atoms with Crippen LogP contribution < -0.4 is 0 Å². The molecule has 5 rings (SSSR count). The number of rotatable bonds is 4. The van der Waals surface area contributed by atoms with Crippen molar-refractivity contribution in [3.8, 4) is 0 Å². The third-order valence-corrected chi connectivity index (χ3v) is 10.5. The van der Waals surface area contributed by atoms with E-state index in [-0.39, 0.29) is 6.10 Å². The number of aryl methyl sites for hydroxylation is 2. The standard InChI is InChI=1S/C28H42N2O/c1-18(5-7-21-17-29-19(2)16-30-21)24-9-10-25-23-8-6-20-15-22(31)11-13-27(20,3)26(23)12-14-28(24,25)4/h6,16-18,22-26,31H,5,7-15H2,1-4H3. The number of aliphatic hydroxyl groups excluding tert-OH is 1. The van der Waals surface area contributed by atoms with Gasteiger partial charge in [-0.1, -0.05) is 32.4 Å². The van der Waals surface area contributed by atoms with E-state index in [4.69, 9.17) is 0 Å². The van der Waals surface area contributed by atoms with Gasteiger partial charge in [0.1, 0.15) is 0 Å². The highest BCUT2D eigenvalue weighted by Gasteiger charge is 2.59. The highest BCUT2D eigenvalue weighted by molar-refractivity contribution is 5.25. The summed E-state index contributed by atoms with van der Waals surface area (Å²) in [5, 5.41) is 10.2. The zero-order chi connectivity index (χ0) is 21.8. The topological polar surface area (TPSA) is 46.0 Å². The molecule has 1 heterocycles. The van der Waals surface area contributed by atoms with Crippen molar-refractivity contribution in [3.05, 3.63) is 35.4 Å². The van der Waals surface area contributed by atoms with Gasteiger partial charge in [-0.3, -0.25) is 9.97 Å². The predicted octanol–water partition coefficient (Wildman–Crippen LogP) is 6.29. The Balaban J connectivity index is 1.30. The second-order valence-electron chi connectivity index (χ2n) is 12.0. The summed E-state index contributed by atoms with van der Waals surface area (Å²) in [6, 6.07) is 0. The molecule has 1 N–H and O–H groups in total. The molecular weight excluding hydrogens is 380 g/mol. The molecule has 0 spiro atoms. The van der Waals surface area contributed by atoms with Gasteiger partial charge in [0, 0.05) is 12.4 Å². The van der Waals surface area contributed by atoms with Crippen LogP contribution in [0.15, 0.2) is 24.0 Å². The van der Waals surface area contributed by atoms with Crippen molar-refractivity contribution in [2.24, 2.45) is 40.4 Å². The molecular formula is C28H42N2O.